The van der Waals surface area contributed by atoms with Gasteiger partial charge < -0.3 is 55.5 Å². The molecule has 14 heteroatoms. The third-order valence-electron chi connectivity index (χ3n) is 4.75. The van der Waals surface area contributed by atoms with E-state index >= 15 is 0 Å². The largest absolute Gasteiger partial charge is 0.479 e. The molecular weight excluding hydrogens is 412 g/mol. The van der Waals surface area contributed by atoms with Crippen molar-refractivity contribution in [2.75, 3.05) is 6.61 Å². The molecule has 2 amide bonds. The number of ether oxygens (including phenoxy) is 3. The second-order valence-electron chi connectivity index (χ2n) is 7.04. The first-order valence-corrected chi connectivity index (χ1v) is 9.04. The van der Waals surface area contributed by atoms with E-state index in [1.165, 1.54) is 0 Å². The smallest absolute Gasteiger partial charge is 0.335 e. The molecule has 0 saturated carbocycles. The number of carboxylic acids is 1. The van der Waals surface area contributed by atoms with Crippen LogP contribution in [0.2, 0.25) is 0 Å². The summed E-state index contributed by atoms with van der Waals surface area (Å²) in [6, 6.07) is -2.69. The summed E-state index contributed by atoms with van der Waals surface area (Å²) in [6.45, 7) is 1.47. The fraction of sp³-hybridized carbons (Fsp3) is 0.812. The Balaban J connectivity index is 2.37. The van der Waals surface area contributed by atoms with Gasteiger partial charge in [-0.3, -0.25) is 9.59 Å². The minimum Gasteiger partial charge on any atom is -0.479 e. The minimum absolute atomic E-state index is 0.636. The molecule has 2 saturated heterocycles. The second-order valence-corrected chi connectivity index (χ2v) is 7.04. The van der Waals surface area contributed by atoms with Crippen LogP contribution in [0.1, 0.15) is 13.8 Å². The Morgan fingerprint density at radius 3 is 1.97 bits per heavy atom. The summed E-state index contributed by atoms with van der Waals surface area (Å²) in [6.07, 6.45) is -13.7. The van der Waals surface area contributed by atoms with E-state index < -0.39 is 85.7 Å². The molecule has 14 nitrogen and oxygen atoms in total. The van der Waals surface area contributed by atoms with E-state index in [2.05, 4.69) is 10.6 Å². The summed E-state index contributed by atoms with van der Waals surface area (Å²) in [5.41, 5.74) is 0. The lowest BCUT2D eigenvalue weighted by Crippen LogP contribution is -2.71. The number of hydrogen-bond acceptors (Lipinski definition) is 11. The van der Waals surface area contributed by atoms with E-state index in [1.54, 1.807) is 0 Å². The predicted molar refractivity (Wildman–Crippen MR) is 92.4 cm³/mol. The van der Waals surface area contributed by atoms with Crippen molar-refractivity contribution < 1.29 is 59.2 Å². The van der Waals surface area contributed by atoms with Crippen LogP contribution in [0.25, 0.3) is 0 Å². The van der Waals surface area contributed by atoms with E-state index in [4.69, 9.17) is 14.2 Å². The number of carboxylic acid groups (broad SMARTS) is 1. The van der Waals surface area contributed by atoms with Gasteiger partial charge in [-0.05, 0) is 0 Å². The molecule has 2 rings (SSSR count). The molecule has 0 radical (unpaired) electrons. The highest BCUT2D eigenvalue weighted by Gasteiger charge is 2.53. The molecule has 0 aromatic heterocycles. The molecule has 2 heterocycles. The Bertz CT molecular complexity index is 646. The van der Waals surface area contributed by atoms with Gasteiger partial charge in [-0.1, -0.05) is 0 Å². The number of hydrogen-bond donors (Lipinski definition) is 8. The van der Waals surface area contributed by atoms with Crippen LogP contribution in [0, 0.1) is 0 Å². The molecule has 2 fully saturated rings. The number of rotatable bonds is 6. The molecule has 0 spiro atoms. The fourth-order valence-electron chi connectivity index (χ4n) is 3.39. The third kappa shape index (κ3) is 5.22. The molecule has 8 N–H and O–H groups in total. The summed E-state index contributed by atoms with van der Waals surface area (Å²) in [7, 11) is 0. The summed E-state index contributed by atoms with van der Waals surface area (Å²) in [5.74, 6) is -2.88. The summed E-state index contributed by atoms with van der Waals surface area (Å²) < 4.78 is 15.8. The van der Waals surface area contributed by atoms with Gasteiger partial charge in [0.25, 0.3) is 0 Å². The fourth-order valence-corrected chi connectivity index (χ4v) is 3.39. The zero-order valence-corrected chi connectivity index (χ0v) is 16.1. The van der Waals surface area contributed by atoms with Crippen LogP contribution in [-0.4, -0.2) is 116 Å². The Kier molecular flexibility index (Phi) is 8.06. The van der Waals surface area contributed by atoms with E-state index in [0.717, 1.165) is 13.8 Å². The standard InChI is InChI=1S/C16H26N2O12/c1-4(20)17-7-8(18-5(2)21)16(30-13(9(7)22)14(25)26)29-12-6(3-19)28-15(27)11(24)10(12)23/h6-13,15-16,19,22-24,27H,3H2,1-2H3,(H,17,20)(H,18,21)(H,25,26)/t6-,7-,8-,9+,10-,11-,12+,13+,15+,16-/m1/s1. The van der Waals surface area contributed by atoms with E-state index in [9.17, 15) is 45.0 Å². The maximum atomic E-state index is 11.7. The Morgan fingerprint density at radius 2 is 1.47 bits per heavy atom. The van der Waals surface area contributed by atoms with E-state index in [0.29, 0.717) is 0 Å². The summed E-state index contributed by atoms with van der Waals surface area (Å²) in [4.78, 5) is 34.8. The minimum atomic E-state index is -1.89. The molecule has 0 unspecified atom stereocenters. The Labute approximate surface area is 170 Å². The topological polar surface area (TPSA) is 224 Å². The van der Waals surface area contributed by atoms with E-state index in [1.807, 2.05) is 0 Å². The van der Waals surface area contributed by atoms with Crippen LogP contribution in [0.5, 0.6) is 0 Å². The van der Waals surface area contributed by atoms with Crippen LogP contribution >= 0.6 is 0 Å². The van der Waals surface area contributed by atoms with Crippen molar-refractivity contribution in [1.82, 2.24) is 10.6 Å². The van der Waals surface area contributed by atoms with Gasteiger partial charge >= 0.3 is 5.97 Å². The predicted octanol–water partition coefficient (Wildman–Crippen LogP) is -5.02. The molecule has 0 aromatic rings. The summed E-state index contributed by atoms with van der Waals surface area (Å²) >= 11 is 0. The molecule has 2 aliphatic rings. The molecular formula is C16H26N2O12. The Hall–Kier alpha value is -1.91. The van der Waals surface area contributed by atoms with Gasteiger partial charge in [-0.25, -0.2) is 4.79 Å². The van der Waals surface area contributed by atoms with Gasteiger partial charge in [-0.15, -0.1) is 0 Å². The van der Waals surface area contributed by atoms with Crippen LogP contribution in [0.3, 0.4) is 0 Å². The van der Waals surface area contributed by atoms with Crippen LogP contribution < -0.4 is 10.6 Å². The number of aliphatic carboxylic acids is 1. The van der Waals surface area contributed by atoms with Gasteiger partial charge in [0.15, 0.2) is 18.7 Å². The Morgan fingerprint density at radius 1 is 0.900 bits per heavy atom. The van der Waals surface area contributed by atoms with Crippen molar-refractivity contribution in [1.29, 1.82) is 0 Å². The molecule has 0 aromatic carbocycles. The average Bonchev–Trinajstić information content (AvgIpc) is 2.65. The zero-order chi connectivity index (χ0) is 22.7. The van der Waals surface area contributed by atoms with Gasteiger partial charge in [0.1, 0.15) is 36.6 Å². The number of amides is 2. The first-order chi connectivity index (χ1) is 14.0. The third-order valence-corrected chi connectivity index (χ3v) is 4.75. The highest BCUT2D eigenvalue weighted by atomic mass is 16.7. The summed E-state index contributed by atoms with van der Waals surface area (Å²) in [5, 5.41) is 63.6. The van der Waals surface area contributed by atoms with Gasteiger partial charge in [-0.2, -0.15) is 0 Å². The molecule has 30 heavy (non-hydrogen) atoms. The van der Waals surface area contributed by atoms with Crippen molar-refractivity contribution in [3.05, 3.63) is 0 Å². The molecule has 172 valence electrons. The van der Waals surface area contributed by atoms with Gasteiger partial charge in [0.2, 0.25) is 11.8 Å². The van der Waals surface area contributed by atoms with E-state index in [-0.39, 0.29) is 0 Å². The van der Waals surface area contributed by atoms with Crippen LogP contribution in [0.4, 0.5) is 0 Å². The van der Waals surface area contributed by atoms with Crippen molar-refractivity contribution in [3.8, 4) is 0 Å². The lowest BCUT2D eigenvalue weighted by Gasteiger charge is -2.47. The van der Waals surface area contributed by atoms with Crippen molar-refractivity contribution in [2.45, 2.75) is 75.1 Å². The highest BCUT2D eigenvalue weighted by Crippen LogP contribution is 2.29. The monoisotopic (exact) mass is 438 g/mol. The normalized spacial score (nSPS) is 41.7. The average molecular weight is 438 g/mol. The number of aliphatic hydroxyl groups is 5. The first-order valence-electron chi connectivity index (χ1n) is 9.04. The zero-order valence-electron chi connectivity index (χ0n) is 16.1. The van der Waals surface area contributed by atoms with Crippen molar-refractivity contribution in [3.63, 3.8) is 0 Å². The first kappa shape index (κ1) is 24.4. The number of carbonyl (C=O) groups is 3. The maximum absolute atomic E-state index is 11.7. The molecule has 0 bridgehead atoms. The quantitative estimate of drug-likeness (QED) is 0.195. The van der Waals surface area contributed by atoms with Crippen LogP contribution in [-0.2, 0) is 28.6 Å². The number of aliphatic hydroxyl groups excluding tert-OH is 5. The van der Waals surface area contributed by atoms with Crippen molar-refractivity contribution in [2.24, 2.45) is 0 Å². The number of nitrogens with one attached hydrogen (secondary N) is 2. The highest BCUT2D eigenvalue weighted by molar-refractivity contribution is 5.77. The SMILES string of the molecule is CC(=O)N[C@H]1[C@H](O[C@@H]2[C@H](O)[C@@H](O)[C@@H](O)O[C@@H]2CO)O[C@H](C(=O)O)[C@@H](O)[C@@H]1NC(C)=O. The second kappa shape index (κ2) is 9.93. The molecule has 2 aliphatic heterocycles. The van der Waals surface area contributed by atoms with Crippen molar-refractivity contribution >= 4 is 17.8 Å². The van der Waals surface area contributed by atoms with Crippen LogP contribution in [0.15, 0.2) is 0 Å². The maximum Gasteiger partial charge on any atom is 0.335 e. The molecule has 0 aliphatic carbocycles. The van der Waals surface area contributed by atoms with Gasteiger partial charge in [0.05, 0.1) is 12.6 Å². The lowest BCUT2D eigenvalue weighted by molar-refractivity contribution is -0.332. The lowest BCUT2D eigenvalue weighted by atomic mass is 9.92. The van der Waals surface area contributed by atoms with Gasteiger partial charge in [0, 0.05) is 13.8 Å². The molecule has 10 atom stereocenters. The number of carbonyl (C=O) groups excluding carboxylic acids is 2.